The number of rotatable bonds is 4. The van der Waals surface area contributed by atoms with E-state index in [2.05, 4.69) is 25.3 Å². The molecule has 0 unspecified atom stereocenters. The summed E-state index contributed by atoms with van der Waals surface area (Å²) in [5, 5.41) is 3.95. The highest BCUT2D eigenvalue weighted by atomic mass is 16.5. The van der Waals surface area contributed by atoms with Gasteiger partial charge in [0.05, 0.1) is 12.1 Å². The van der Waals surface area contributed by atoms with Gasteiger partial charge in [-0.15, -0.1) is 0 Å². The van der Waals surface area contributed by atoms with E-state index in [1.807, 2.05) is 37.3 Å². The Labute approximate surface area is 122 Å². The molecule has 0 spiro atoms. The van der Waals surface area contributed by atoms with Crippen molar-refractivity contribution in [1.82, 2.24) is 19.9 Å². The van der Waals surface area contributed by atoms with E-state index in [0.717, 1.165) is 16.5 Å². The third-order valence-corrected chi connectivity index (χ3v) is 2.96. The van der Waals surface area contributed by atoms with E-state index in [1.54, 1.807) is 13.2 Å². The first-order chi connectivity index (χ1) is 10.3. The lowest BCUT2D eigenvalue weighted by molar-refractivity contribution is 0.312. The van der Waals surface area contributed by atoms with Crippen LogP contribution in [0.1, 0.15) is 6.92 Å². The summed E-state index contributed by atoms with van der Waals surface area (Å²) in [4.78, 5) is 17.3. The first kappa shape index (κ1) is 13.2. The number of benzene rings is 1. The van der Waals surface area contributed by atoms with E-state index in [1.165, 1.54) is 0 Å². The monoisotopic (exact) mass is 281 g/mol. The Kier molecular flexibility index (Phi) is 3.59. The molecule has 1 N–H and O–H groups in total. The Hall–Kier alpha value is -2.76. The van der Waals surface area contributed by atoms with E-state index in [9.17, 15) is 0 Å². The van der Waals surface area contributed by atoms with Gasteiger partial charge in [-0.05, 0) is 19.1 Å². The number of anilines is 1. The van der Waals surface area contributed by atoms with Gasteiger partial charge in [0.1, 0.15) is 0 Å². The van der Waals surface area contributed by atoms with Crippen molar-refractivity contribution in [2.45, 2.75) is 6.92 Å². The van der Waals surface area contributed by atoms with Crippen molar-refractivity contribution in [3.8, 4) is 17.4 Å². The van der Waals surface area contributed by atoms with E-state index in [-0.39, 0.29) is 0 Å². The third-order valence-electron chi connectivity index (χ3n) is 2.96. The number of para-hydroxylation sites is 1. The van der Waals surface area contributed by atoms with Crippen molar-refractivity contribution < 1.29 is 4.74 Å². The van der Waals surface area contributed by atoms with Gasteiger partial charge >= 0.3 is 6.01 Å². The molecule has 0 aliphatic heterocycles. The summed E-state index contributed by atoms with van der Waals surface area (Å²) in [6.45, 7) is 2.39. The Morgan fingerprint density at radius 1 is 1.14 bits per heavy atom. The van der Waals surface area contributed by atoms with Crippen LogP contribution in [-0.2, 0) is 0 Å². The molecule has 0 atom stereocenters. The average molecular weight is 281 g/mol. The molecule has 106 valence electrons. The van der Waals surface area contributed by atoms with Gasteiger partial charge in [0.15, 0.2) is 5.82 Å². The van der Waals surface area contributed by atoms with E-state index < -0.39 is 0 Å². The second-order valence-corrected chi connectivity index (χ2v) is 4.36. The minimum absolute atomic E-state index is 0.306. The summed E-state index contributed by atoms with van der Waals surface area (Å²) < 4.78 is 5.38. The zero-order chi connectivity index (χ0) is 14.7. The molecule has 0 amide bonds. The topological polar surface area (TPSA) is 72.8 Å². The van der Waals surface area contributed by atoms with Gasteiger partial charge in [0, 0.05) is 24.2 Å². The molecule has 0 fully saturated rings. The fourth-order valence-electron chi connectivity index (χ4n) is 1.98. The molecule has 0 radical (unpaired) electrons. The highest BCUT2D eigenvalue weighted by molar-refractivity contribution is 5.82. The number of hydrogen-bond acceptors (Lipinski definition) is 6. The van der Waals surface area contributed by atoms with Crippen LogP contribution in [0.15, 0.2) is 36.5 Å². The van der Waals surface area contributed by atoms with Crippen molar-refractivity contribution in [2.24, 2.45) is 0 Å². The largest absolute Gasteiger partial charge is 0.464 e. The van der Waals surface area contributed by atoms with Gasteiger partial charge in [-0.1, -0.05) is 18.2 Å². The fourth-order valence-corrected chi connectivity index (χ4v) is 1.98. The minimum Gasteiger partial charge on any atom is -0.464 e. The van der Waals surface area contributed by atoms with Gasteiger partial charge < -0.3 is 10.1 Å². The van der Waals surface area contributed by atoms with Crippen LogP contribution >= 0.6 is 0 Å². The zero-order valence-electron chi connectivity index (χ0n) is 11.9. The average Bonchev–Trinajstić information content (AvgIpc) is 2.54. The van der Waals surface area contributed by atoms with Crippen LogP contribution < -0.4 is 10.1 Å². The van der Waals surface area contributed by atoms with Crippen LogP contribution in [0.5, 0.6) is 6.01 Å². The number of aromatic nitrogens is 4. The molecule has 0 aliphatic rings. The van der Waals surface area contributed by atoms with E-state index >= 15 is 0 Å². The van der Waals surface area contributed by atoms with Gasteiger partial charge in [0.2, 0.25) is 5.95 Å². The maximum absolute atomic E-state index is 5.38. The summed E-state index contributed by atoms with van der Waals surface area (Å²) in [7, 11) is 1.76. The first-order valence-corrected chi connectivity index (χ1v) is 6.72. The van der Waals surface area contributed by atoms with Crippen LogP contribution in [0.3, 0.4) is 0 Å². The van der Waals surface area contributed by atoms with E-state index in [4.69, 9.17) is 4.74 Å². The molecular weight excluding hydrogens is 266 g/mol. The summed E-state index contributed by atoms with van der Waals surface area (Å²) in [5.74, 6) is 1.01. The lowest BCUT2D eigenvalue weighted by Gasteiger charge is -2.07. The SMILES string of the molecule is CCOc1nc(NC)nc(-c2cnc3ccccc3c2)n1. The molecule has 6 heteroatoms. The van der Waals surface area contributed by atoms with Crippen molar-refractivity contribution in [2.75, 3.05) is 19.0 Å². The van der Waals surface area contributed by atoms with Crippen LogP contribution in [0.25, 0.3) is 22.3 Å². The zero-order valence-corrected chi connectivity index (χ0v) is 11.9. The van der Waals surface area contributed by atoms with Crippen LogP contribution in [0, 0.1) is 0 Å². The third kappa shape index (κ3) is 2.74. The Balaban J connectivity index is 2.10. The molecule has 3 rings (SSSR count). The smallest absolute Gasteiger partial charge is 0.321 e. The van der Waals surface area contributed by atoms with Crippen molar-refractivity contribution in [1.29, 1.82) is 0 Å². The summed E-state index contributed by atoms with van der Waals surface area (Å²) in [5.41, 5.74) is 1.77. The predicted octanol–water partition coefficient (Wildman–Crippen LogP) is 2.53. The van der Waals surface area contributed by atoms with Crippen LogP contribution in [-0.4, -0.2) is 33.6 Å². The van der Waals surface area contributed by atoms with Crippen molar-refractivity contribution >= 4 is 16.9 Å². The minimum atomic E-state index is 0.306. The predicted molar refractivity (Wildman–Crippen MR) is 81.3 cm³/mol. The van der Waals surface area contributed by atoms with Crippen LogP contribution in [0.4, 0.5) is 5.95 Å². The maximum atomic E-state index is 5.38. The molecule has 3 aromatic rings. The molecule has 0 saturated heterocycles. The molecule has 6 nitrogen and oxygen atoms in total. The van der Waals surface area contributed by atoms with Gasteiger partial charge in [0.25, 0.3) is 0 Å². The second-order valence-electron chi connectivity index (χ2n) is 4.36. The standard InChI is InChI=1S/C15H15N5O/c1-3-21-15-19-13(18-14(16-2)20-15)11-8-10-6-4-5-7-12(10)17-9-11/h4-9H,3H2,1-2H3,(H,16,18,19,20). The lowest BCUT2D eigenvalue weighted by atomic mass is 10.1. The van der Waals surface area contributed by atoms with Crippen molar-refractivity contribution in [3.63, 3.8) is 0 Å². The highest BCUT2D eigenvalue weighted by Crippen LogP contribution is 2.21. The molecule has 1 aromatic carbocycles. The number of pyridine rings is 1. The lowest BCUT2D eigenvalue weighted by Crippen LogP contribution is -2.05. The number of fused-ring (bicyclic) bond motifs is 1. The summed E-state index contributed by atoms with van der Waals surface area (Å²) in [6.07, 6.45) is 1.76. The molecule has 0 saturated carbocycles. The Morgan fingerprint density at radius 2 is 2.00 bits per heavy atom. The fraction of sp³-hybridized carbons (Fsp3) is 0.200. The summed E-state index contributed by atoms with van der Waals surface area (Å²) in [6, 6.07) is 10.2. The molecule has 21 heavy (non-hydrogen) atoms. The van der Waals surface area contributed by atoms with Crippen molar-refractivity contribution in [3.05, 3.63) is 36.5 Å². The second kappa shape index (κ2) is 5.70. The number of nitrogens with zero attached hydrogens (tertiary/aromatic N) is 4. The summed E-state index contributed by atoms with van der Waals surface area (Å²) >= 11 is 0. The first-order valence-electron chi connectivity index (χ1n) is 6.72. The molecule has 0 bridgehead atoms. The molecular formula is C15H15N5O. The Morgan fingerprint density at radius 3 is 2.81 bits per heavy atom. The quantitative estimate of drug-likeness (QED) is 0.792. The van der Waals surface area contributed by atoms with Crippen LogP contribution in [0.2, 0.25) is 0 Å². The van der Waals surface area contributed by atoms with Gasteiger partial charge in [-0.25, -0.2) is 0 Å². The molecule has 0 aliphatic carbocycles. The number of hydrogen-bond donors (Lipinski definition) is 1. The Bertz CT molecular complexity index is 775. The highest BCUT2D eigenvalue weighted by Gasteiger charge is 2.09. The van der Waals surface area contributed by atoms with E-state index in [0.29, 0.717) is 24.4 Å². The number of nitrogens with one attached hydrogen (secondary N) is 1. The molecule has 2 heterocycles. The van der Waals surface area contributed by atoms with Gasteiger partial charge in [-0.2, -0.15) is 15.0 Å². The molecule has 2 aromatic heterocycles. The normalized spacial score (nSPS) is 10.6. The maximum Gasteiger partial charge on any atom is 0.321 e. The number of ether oxygens (including phenoxy) is 1. The van der Waals surface area contributed by atoms with Gasteiger partial charge in [-0.3, -0.25) is 4.98 Å².